The predicted molar refractivity (Wildman–Crippen MR) is 108 cm³/mol. The lowest BCUT2D eigenvalue weighted by Crippen LogP contribution is -2.41. The Labute approximate surface area is 180 Å². The highest BCUT2D eigenvalue weighted by Gasteiger charge is 2.33. The number of benzene rings is 2. The second-order valence-electron chi connectivity index (χ2n) is 6.40. The van der Waals surface area contributed by atoms with Crippen molar-refractivity contribution in [2.75, 3.05) is 13.7 Å². The van der Waals surface area contributed by atoms with Crippen molar-refractivity contribution in [2.24, 2.45) is 0 Å². The molecule has 0 aliphatic heterocycles. The molecule has 2 N–H and O–H groups in total. The monoisotopic (exact) mass is 448 g/mol. The van der Waals surface area contributed by atoms with Gasteiger partial charge in [0.15, 0.2) is 17.2 Å². The van der Waals surface area contributed by atoms with Crippen LogP contribution >= 0.6 is 0 Å². The Morgan fingerprint density at radius 2 is 1.59 bits per heavy atom. The van der Waals surface area contributed by atoms with Crippen LogP contribution in [0.2, 0.25) is 0 Å². The van der Waals surface area contributed by atoms with Gasteiger partial charge in [0.25, 0.3) is 11.8 Å². The number of carbonyl (C=O) groups is 2. The van der Waals surface area contributed by atoms with Crippen molar-refractivity contribution in [3.05, 3.63) is 71.5 Å². The number of rotatable bonds is 6. The normalized spacial score (nSPS) is 11.0. The molecule has 0 atom stereocenters. The van der Waals surface area contributed by atoms with E-state index in [4.69, 9.17) is 9.47 Å². The molecule has 32 heavy (non-hydrogen) atoms. The largest absolute Gasteiger partial charge is 0.493 e. The Kier molecular flexibility index (Phi) is 6.67. The minimum Gasteiger partial charge on any atom is -0.493 e. The van der Waals surface area contributed by atoms with Gasteiger partial charge in [0, 0.05) is 17.3 Å². The molecule has 1 heterocycles. The standard InChI is InChI=1S/C21H19F3N4O4/c1-3-32-16-9-6-14(12-17(16)31-2)20(30)26-25-19(29)13-4-7-15(8-5-13)28-11-10-18(27-28)21(22,23)24/h4-12H,3H2,1-2H3,(H,25,29)(H,26,30). The fourth-order valence-corrected chi connectivity index (χ4v) is 2.73. The number of carbonyl (C=O) groups excluding carboxylic acids is 2. The maximum absolute atomic E-state index is 12.7. The molecule has 0 spiro atoms. The van der Waals surface area contributed by atoms with Crippen molar-refractivity contribution >= 4 is 11.8 Å². The number of amides is 2. The lowest BCUT2D eigenvalue weighted by Gasteiger charge is -2.12. The van der Waals surface area contributed by atoms with Crippen LogP contribution < -0.4 is 20.3 Å². The van der Waals surface area contributed by atoms with E-state index in [9.17, 15) is 22.8 Å². The Balaban J connectivity index is 1.62. The SMILES string of the molecule is CCOc1ccc(C(=O)NNC(=O)c2ccc(-n3ccc(C(F)(F)F)n3)cc2)cc1OC. The lowest BCUT2D eigenvalue weighted by molar-refractivity contribution is -0.141. The van der Waals surface area contributed by atoms with Gasteiger partial charge < -0.3 is 9.47 Å². The fraction of sp³-hybridized carbons (Fsp3) is 0.190. The van der Waals surface area contributed by atoms with Gasteiger partial charge in [-0.25, -0.2) is 4.68 Å². The summed E-state index contributed by atoms with van der Waals surface area (Å²) in [6, 6.07) is 11.1. The summed E-state index contributed by atoms with van der Waals surface area (Å²) in [5.74, 6) is -0.337. The first-order chi connectivity index (χ1) is 15.2. The molecular weight excluding hydrogens is 429 g/mol. The lowest BCUT2D eigenvalue weighted by atomic mass is 10.2. The molecular formula is C21H19F3N4O4. The Morgan fingerprint density at radius 3 is 2.16 bits per heavy atom. The zero-order valence-corrected chi connectivity index (χ0v) is 17.1. The van der Waals surface area contributed by atoms with Crippen molar-refractivity contribution < 1.29 is 32.2 Å². The summed E-state index contributed by atoms with van der Waals surface area (Å²) in [4.78, 5) is 24.6. The van der Waals surface area contributed by atoms with Gasteiger partial charge in [-0.1, -0.05) is 0 Å². The van der Waals surface area contributed by atoms with Gasteiger partial charge in [-0.2, -0.15) is 18.3 Å². The highest BCUT2D eigenvalue weighted by atomic mass is 19.4. The maximum atomic E-state index is 12.7. The Bertz CT molecular complexity index is 1110. The molecule has 2 amide bonds. The zero-order chi connectivity index (χ0) is 23.3. The molecule has 3 rings (SSSR count). The van der Waals surface area contributed by atoms with Crippen molar-refractivity contribution in [2.45, 2.75) is 13.1 Å². The summed E-state index contributed by atoms with van der Waals surface area (Å²) in [7, 11) is 1.44. The van der Waals surface area contributed by atoms with E-state index in [1.54, 1.807) is 6.07 Å². The highest BCUT2D eigenvalue weighted by Crippen LogP contribution is 2.28. The molecule has 0 saturated heterocycles. The molecule has 11 heteroatoms. The first-order valence-corrected chi connectivity index (χ1v) is 9.37. The topological polar surface area (TPSA) is 94.5 Å². The molecule has 2 aromatic carbocycles. The van der Waals surface area contributed by atoms with Crippen LogP contribution in [0, 0.1) is 0 Å². The third-order valence-electron chi connectivity index (χ3n) is 4.29. The van der Waals surface area contributed by atoms with Gasteiger partial charge in [-0.15, -0.1) is 0 Å². The summed E-state index contributed by atoms with van der Waals surface area (Å²) >= 11 is 0. The summed E-state index contributed by atoms with van der Waals surface area (Å²) in [5.41, 5.74) is 4.30. The van der Waals surface area contributed by atoms with E-state index in [1.807, 2.05) is 6.92 Å². The number of hydrogen-bond acceptors (Lipinski definition) is 5. The van der Waals surface area contributed by atoms with E-state index in [0.717, 1.165) is 10.7 Å². The van der Waals surface area contributed by atoms with Crippen molar-refractivity contribution in [1.29, 1.82) is 0 Å². The minimum absolute atomic E-state index is 0.182. The molecule has 0 fully saturated rings. The van der Waals surface area contributed by atoms with E-state index in [0.29, 0.717) is 23.8 Å². The average Bonchev–Trinajstić information content (AvgIpc) is 3.29. The number of ether oxygens (including phenoxy) is 2. The smallest absolute Gasteiger partial charge is 0.435 e. The molecule has 8 nitrogen and oxygen atoms in total. The molecule has 0 aliphatic carbocycles. The number of methoxy groups -OCH3 is 1. The molecule has 0 bridgehead atoms. The molecule has 0 aliphatic rings. The van der Waals surface area contributed by atoms with E-state index in [2.05, 4.69) is 16.0 Å². The van der Waals surface area contributed by atoms with Crippen LogP contribution in [0.3, 0.4) is 0 Å². The third kappa shape index (κ3) is 5.17. The van der Waals surface area contributed by atoms with Gasteiger partial charge in [-0.3, -0.25) is 20.4 Å². The number of alkyl halides is 3. The fourth-order valence-electron chi connectivity index (χ4n) is 2.73. The predicted octanol–water partition coefficient (Wildman–Crippen LogP) is 3.37. The number of nitrogens with one attached hydrogen (secondary N) is 2. The van der Waals surface area contributed by atoms with Gasteiger partial charge in [0.05, 0.1) is 19.4 Å². The minimum atomic E-state index is -4.54. The summed E-state index contributed by atoms with van der Waals surface area (Å²) in [6.07, 6.45) is -3.38. The number of aromatic nitrogens is 2. The van der Waals surface area contributed by atoms with Crippen LogP contribution in [0.4, 0.5) is 13.2 Å². The zero-order valence-electron chi connectivity index (χ0n) is 17.1. The number of halogens is 3. The van der Waals surface area contributed by atoms with Crippen molar-refractivity contribution in [3.8, 4) is 17.2 Å². The van der Waals surface area contributed by atoms with Crippen LogP contribution in [0.1, 0.15) is 33.3 Å². The molecule has 168 valence electrons. The second kappa shape index (κ2) is 9.41. The number of nitrogens with zero attached hydrogens (tertiary/aromatic N) is 2. The number of hydrazine groups is 1. The van der Waals surface area contributed by atoms with Gasteiger partial charge in [0.2, 0.25) is 0 Å². The van der Waals surface area contributed by atoms with E-state index in [-0.39, 0.29) is 11.1 Å². The first-order valence-electron chi connectivity index (χ1n) is 9.37. The van der Waals surface area contributed by atoms with Crippen LogP contribution in [0.15, 0.2) is 54.7 Å². The second-order valence-corrected chi connectivity index (χ2v) is 6.40. The van der Waals surface area contributed by atoms with Gasteiger partial charge in [0.1, 0.15) is 0 Å². The summed E-state index contributed by atoms with van der Waals surface area (Å²) < 4.78 is 49.7. The van der Waals surface area contributed by atoms with Gasteiger partial charge in [-0.05, 0) is 55.5 Å². The maximum Gasteiger partial charge on any atom is 0.435 e. The van der Waals surface area contributed by atoms with E-state index < -0.39 is 23.7 Å². The summed E-state index contributed by atoms with van der Waals surface area (Å²) in [6.45, 7) is 2.25. The summed E-state index contributed by atoms with van der Waals surface area (Å²) in [5, 5.41) is 3.47. The average molecular weight is 448 g/mol. The molecule has 0 unspecified atom stereocenters. The third-order valence-corrected chi connectivity index (χ3v) is 4.29. The van der Waals surface area contributed by atoms with Crippen molar-refractivity contribution in [1.82, 2.24) is 20.6 Å². The van der Waals surface area contributed by atoms with E-state index >= 15 is 0 Å². The van der Waals surface area contributed by atoms with Crippen LogP contribution in [-0.4, -0.2) is 35.3 Å². The molecule has 1 aromatic heterocycles. The van der Waals surface area contributed by atoms with Crippen LogP contribution in [-0.2, 0) is 6.18 Å². The highest BCUT2D eigenvalue weighted by molar-refractivity contribution is 5.99. The molecule has 3 aromatic rings. The molecule has 0 radical (unpaired) electrons. The first kappa shape index (κ1) is 22.7. The Hall–Kier alpha value is -4.02. The van der Waals surface area contributed by atoms with E-state index in [1.165, 1.54) is 49.7 Å². The molecule has 0 saturated carbocycles. The van der Waals surface area contributed by atoms with Crippen LogP contribution in [0.5, 0.6) is 11.5 Å². The quantitative estimate of drug-likeness (QED) is 0.564. The van der Waals surface area contributed by atoms with Gasteiger partial charge >= 0.3 is 6.18 Å². The Morgan fingerprint density at radius 1 is 0.969 bits per heavy atom. The van der Waals surface area contributed by atoms with Crippen LogP contribution in [0.25, 0.3) is 5.69 Å². The van der Waals surface area contributed by atoms with Crippen molar-refractivity contribution in [3.63, 3.8) is 0 Å². The number of hydrogen-bond donors (Lipinski definition) is 2.